The lowest BCUT2D eigenvalue weighted by Crippen LogP contribution is -2.47. The van der Waals surface area contributed by atoms with Crippen LogP contribution in [0.25, 0.3) is 4.85 Å². The molecule has 144 valence electrons. The molecular formula is C20H31N3O2S. The maximum absolute atomic E-state index is 11.8. The van der Waals surface area contributed by atoms with E-state index in [1.807, 2.05) is 18.2 Å². The number of hydrogen-bond donors (Lipinski definition) is 1. The van der Waals surface area contributed by atoms with Crippen LogP contribution in [0, 0.1) is 17.4 Å². The van der Waals surface area contributed by atoms with Crippen molar-refractivity contribution >= 4 is 15.7 Å². The number of sulfonamides is 1. The van der Waals surface area contributed by atoms with Crippen molar-refractivity contribution in [3.63, 3.8) is 0 Å². The van der Waals surface area contributed by atoms with Crippen LogP contribution in [-0.2, 0) is 16.6 Å². The molecule has 0 radical (unpaired) electrons. The summed E-state index contributed by atoms with van der Waals surface area (Å²) in [4.78, 5) is 6.13. The Labute approximate surface area is 158 Å². The highest BCUT2D eigenvalue weighted by atomic mass is 32.2. The average molecular weight is 378 g/mol. The van der Waals surface area contributed by atoms with Gasteiger partial charge < -0.3 is 4.85 Å². The molecule has 0 aliphatic carbocycles. The Morgan fingerprint density at radius 1 is 1.27 bits per heavy atom. The van der Waals surface area contributed by atoms with Crippen molar-refractivity contribution in [2.45, 2.75) is 47.1 Å². The van der Waals surface area contributed by atoms with Gasteiger partial charge in [0.05, 0.1) is 5.75 Å². The van der Waals surface area contributed by atoms with Crippen molar-refractivity contribution in [3.8, 4) is 0 Å². The van der Waals surface area contributed by atoms with Crippen LogP contribution in [0.4, 0.5) is 5.69 Å². The fourth-order valence-corrected chi connectivity index (χ4v) is 4.31. The van der Waals surface area contributed by atoms with Crippen LogP contribution in [0.5, 0.6) is 0 Å². The highest BCUT2D eigenvalue weighted by Crippen LogP contribution is 2.47. The SMILES string of the molecule is [C-]#[N+]CC1(C(C)(C)C)CCN(Cc2cccc(NS(=O)(=O)CC)c2)CC1. The Kier molecular flexibility index (Phi) is 6.36. The highest BCUT2D eigenvalue weighted by molar-refractivity contribution is 7.92. The molecule has 0 spiro atoms. The van der Waals surface area contributed by atoms with Crippen molar-refractivity contribution < 1.29 is 8.42 Å². The maximum Gasteiger partial charge on any atom is 0.232 e. The lowest BCUT2D eigenvalue weighted by Gasteiger charge is -2.46. The number of rotatable bonds is 6. The summed E-state index contributed by atoms with van der Waals surface area (Å²) < 4.78 is 26.1. The number of likely N-dealkylation sites (tertiary alicyclic amines) is 1. The Morgan fingerprint density at radius 2 is 1.92 bits per heavy atom. The monoisotopic (exact) mass is 377 g/mol. The average Bonchev–Trinajstić information content (AvgIpc) is 2.56. The predicted octanol–water partition coefficient (Wildman–Crippen LogP) is 4.00. The van der Waals surface area contributed by atoms with Gasteiger partial charge in [-0.2, -0.15) is 0 Å². The molecule has 1 heterocycles. The summed E-state index contributed by atoms with van der Waals surface area (Å²) in [6, 6.07) is 7.63. The van der Waals surface area contributed by atoms with Crippen molar-refractivity contribution in [1.82, 2.24) is 4.90 Å². The Balaban J connectivity index is 2.03. The van der Waals surface area contributed by atoms with E-state index in [0.717, 1.165) is 38.0 Å². The minimum Gasteiger partial charge on any atom is -0.316 e. The Bertz CT molecular complexity index is 752. The van der Waals surface area contributed by atoms with E-state index in [9.17, 15) is 8.42 Å². The second kappa shape index (κ2) is 7.98. The molecule has 0 unspecified atom stereocenters. The van der Waals surface area contributed by atoms with Crippen molar-refractivity contribution in [3.05, 3.63) is 41.2 Å². The molecule has 1 aliphatic heterocycles. The van der Waals surface area contributed by atoms with E-state index in [0.29, 0.717) is 12.2 Å². The summed E-state index contributed by atoms with van der Waals surface area (Å²) in [5, 5.41) is 0. The van der Waals surface area contributed by atoms with Gasteiger partial charge in [0.15, 0.2) is 0 Å². The number of nitrogens with zero attached hydrogens (tertiary/aromatic N) is 2. The van der Waals surface area contributed by atoms with E-state index in [-0.39, 0.29) is 16.6 Å². The summed E-state index contributed by atoms with van der Waals surface area (Å²) >= 11 is 0. The van der Waals surface area contributed by atoms with Crippen LogP contribution in [0.2, 0.25) is 0 Å². The summed E-state index contributed by atoms with van der Waals surface area (Å²) in [7, 11) is -3.25. The number of nitrogens with one attached hydrogen (secondary N) is 1. The second-order valence-electron chi connectivity index (χ2n) is 8.33. The van der Waals surface area contributed by atoms with E-state index in [1.165, 1.54) is 0 Å². The standard InChI is InChI=1S/C20H31N3O2S/c1-6-26(24,25)22-18-9-7-8-17(14-18)15-23-12-10-20(11-13-23,16-21-5)19(2,3)4/h7-9,14,22H,6,10-13,15-16H2,1-4H3. The van der Waals surface area contributed by atoms with Gasteiger partial charge in [0.2, 0.25) is 16.6 Å². The van der Waals surface area contributed by atoms with Crippen LogP contribution in [0.3, 0.4) is 0 Å². The van der Waals surface area contributed by atoms with E-state index < -0.39 is 10.0 Å². The van der Waals surface area contributed by atoms with Gasteiger partial charge in [0.1, 0.15) is 0 Å². The fourth-order valence-electron chi connectivity index (χ4n) is 3.68. The smallest absolute Gasteiger partial charge is 0.232 e. The molecule has 0 bridgehead atoms. The Hall–Kier alpha value is -1.58. The lowest BCUT2D eigenvalue weighted by molar-refractivity contribution is 0.0173. The third-order valence-electron chi connectivity index (χ3n) is 5.77. The number of piperidine rings is 1. The third kappa shape index (κ3) is 4.99. The summed E-state index contributed by atoms with van der Waals surface area (Å²) in [6.07, 6.45) is 2.06. The quantitative estimate of drug-likeness (QED) is 0.763. The molecule has 1 N–H and O–H groups in total. The van der Waals surface area contributed by atoms with Gasteiger partial charge in [-0.25, -0.2) is 15.0 Å². The van der Waals surface area contributed by atoms with Crippen LogP contribution < -0.4 is 4.72 Å². The highest BCUT2D eigenvalue weighted by Gasteiger charge is 2.46. The van der Waals surface area contributed by atoms with Gasteiger partial charge >= 0.3 is 0 Å². The molecule has 1 saturated heterocycles. The molecule has 1 aromatic carbocycles. The maximum atomic E-state index is 11.8. The van der Waals surface area contributed by atoms with E-state index in [1.54, 1.807) is 13.0 Å². The molecular weight excluding hydrogens is 346 g/mol. The minimum absolute atomic E-state index is 0.0687. The molecule has 0 atom stereocenters. The molecule has 1 fully saturated rings. The molecule has 2 rings (SSSR count). The number of hydrogen-bond acceptors (Lipinski definition) is 3. The first-order chi connectivity index (χ1) is 12.1. The topological polar surface area (TPSA) is 53.8 Å². The first-order valence-corrected chi connectivity index (χ1v) is 10.9. The first-order valence-electron chi connectivity index (χ1n) is 9.26. The molecule has 5 nitrogen and oxygen atoms in total. The van der Waals surface area contributed by atoms with Gasteiger partial charge in [0.25, 0.3) is 0 Å². The molecule has 0 amide bonds. The molecule has 1 aromatic rings. The summed E-state index contributed by atoms with van der Waals surface area (Å²) in [5.41, 5.74) is 1.94. The zero-order valence-electron chi connectivity index (χ0n) is 16.4. The molecule has 0 aromatic heterocycles. The van der Waals surface area contributed by atoms with Gasteiger partial charge in [-0.15, -0.1) is 0 Å². The second-order valence-corrected chi connectivity index (χ2v) is 10.3. The van der Waals surface area contributed by atoms with Crippen molar-refractivity contribution in [1.29, 1.82) is 0 Å². The minimum atomic E-state index is -3.25. The number of benzene rings is 1. The first kappa shape index (κ1) is 20.7. The van der Waals surface area contributed by atoms with Gasteiger partial charge in [-0.1, -0.05) is 32.9 Å². The predicted molar refractivity (Wildman–Crippen MR) is 107 cm³/mol. The van der Waals surface area contributed by atoms with Crippen molar-refractivity contribution in [2.24, 2.45) is 10.8 Å². The van der Waals surface area contributed by atoms with Crippen molar-refractivity contribution in [2.75, 3.05) is 30.1 Å². The number of anilines is 1. The summed E-state index contributed by atoms with van der Waals surface area (Å²) in [6.45, 7) is 19.1. The van der Waals surface area contributed by atoms with Crippen LogP contribution in [-0.4, -0.2) is 38.7 Å². The van der Waals surface area contributed by atoms with Gasteiger partial charge in [0, 0.05) is 17.6 Å². The van der Waals surface area contributed by atoms with E-state index in [2.05, 4.69) is 35.2 Å². The van der Waals surface area contributed by atoms with Crippen LogP contribution >= 0.6 is 0 Å². The van der Waals surface area contributed by atoms with Gasteiger partial charge in [-0.3, -0.25) is 9.62 Å². The van der Waals surface area contributed by atoms with Crippen LogP contribution in [0.1, 0.15) is 46.1 Å². The fraction of sp³-hybridized carbons (Fsp3) is 0.650. The normalized spacial score (nSPS) is 18.3. The van der Waals surface area contributed by atoms with Gasteiger partial charge in [-0.05, 0) is 56.0 Å². The zero-order chi connectivity index (χ0) is 19.4. The zero-order valence-corrected chi connectivity index (χ0v) is 17.2. The lowest BCUT2D eigenvalue weighted by atomic mass is 9.61. The molecule has 0 saturated carbocycles. The Morgan fingerprint density at radius 3 is 2.46 bits per heavy atom. The largest absolute Gasteiger partial charge is 0.316 e. The summed E-state index contributed by atoms with van der Waals surface area (Å²) in [5.74, 6) is 0.0687. The molecule has 1 aliphatic rings. The third-order valence-corrected chi connectivity index (χ3v) is 7.08. The molecule has 6 heteroatoms. The van der Waals surface area contributed by atoms with E-state index in [4.69, 9.17) is 6.57 Å². The van der Waals surface area contributed by atoms with Crippen LogP contribution in [0.15, 0.2) is 24.3 Å². The van der Waals surface area contributed by atoms with E-state index >= 15 is 0 Å². The molecule has 26 heavy (non-hydrogen) atoms.